The summed E-state index contributed by atoms with van der Waals surface area (Å²) in [6.07, 6.45) is 3.02. The van der Waals surface area contributed by atoms with Gasteiger partial charge in [-0.1, -0.05) is 5.16 Å². The van der Waals surface area contributed by atoms with Crippen molar-refractivity contribution in [2.45, 2.75) is 57.8 Å². The quantitative estimate of drug-likeness (QED) is 0.538. The molecule has 1 aliphatic rings. The van der Waals surface area contributed by atoms with E-state index in [0.717, 1.165) is 31.4 Å². The first-order valence-electron chi connectivity index (χ1n) is 5.16. The number of oxime groups is 1. The maximum Gasteiger partial charge on any atom is 0.0806 e. The Morgan fingerprint density at radius 1 is 1.36 bits per heavy atom. The number of ether oxygens (including phenoxy) is 1. The minimum atomic E-state index is -0.428. The van der Waals surface area contributed by atoms with Crippen LogP contribution in [-0.2, 0) is 4.74 Å². The van der Waals surface area contributed by atoms with Gasteiger partial charge < -0.3 is 15.1 Å². The Balaban J connectivity index is 2.29. The van der Waals surface area contributed by atoms with Crippen LogP contribution < -0.4 is 0 Å². The predicted octanol–water partition coefficient (Wildman–Crippen LogP) is 1.55. The van der Waals surface area contributed by atoms with Crippen LogP contribution in [0.1, 0.15) is 39.5 Å². The first-order valence-corrected chi connectivity index (χ1v) is 5.16. The summed E-state index contributed by atoms with van der Waals surface area (Å²) in [6, 6.07) is 0. The van der Waals surface area contributed by atoms with Crippen molar-refractivity contribution in [3.05, 3.63) is 0 Å². The maximum atomic E-state index is 9.26. The van der Waals surface area contributed by atoms with Crippen LogP contribution in [0, 0.1) is 0 Å². The lowest BCUT2D eigenvalue weighted by atomic mass is 9.95. The van der Waals surface area contributed by atoms with Gasteiger partial charge >= 0.3 is 0 Å². The second-order valence-corrected chi connectivity index (χ2v) is 3.95. The van der Waals surface area contributed by atoms with E-state index in [1.807, 2.05) is 6.92 Å². The van der Waals surface area contributed by atoms with Gasteiger partial charge in [-0.2, -0.15) is 0 Å². The zero-order chi connectivity index (χ0) is 10.6. The highest BCUT2D eigenvalue weighted by Gasteiger charge is 2.21. The molecule has 2 N–H and O–H groups in total. The number of nitrogens with zero attached hydrogens (tertiary/aromatic N) is 1. The fourth-order valence-electron chi connectivity index (χ4n) is 1.58. The number of aliphatic hydroxyl groups is 1. The van der Waals surface area contributed by atoms with Crippen molar-refractivity contribution in [2.75, 3.05) is 0 Å². The second kappa shape index (κ2) is 5.32. The molecule has 0 aromatic carbocycles. The summed E-state index contributed by atoms with van der Waals surface area (Å²) in [7, 11) is 0. The van der Waals surface area contributed by atoms with Crippen LogP contribution in [0.2, 0.25) is 0 Å². The van der Waals surface area contributed by atoms with Crippen LogP contribution in [0.4, 0.5) is 0 Å². The second-order valence-electron chi connectivity index (χ2n) is 3.95. The Bertz CT molecular complexity index is 194. The number of rotatable bonds is 3. The van der Waals surface area contributed by atoms with Gasteiger partial charge in [-0.15, -0.1) is 0 Å². The molecule has 1 rings (SSSR count). The average molecular weight is 201 g/mol. The van der Waals surface area contributed by atoms with Crippen molar-refractivity contribution >= 4 is 5.71 Å². The van der Waals surface area contributed by atoms with Gasteiger partial charge in [-0.3, -0.25) is 0 Å². The predicted molar refractivity (Wildman–Crippen MR) is 53.7 cm³/mol. The lowest BCUT2D eigenvalue weighted by Gasteiger charge is -2.27. The van der Waals surface area contributed by atoms with Gasteiger partial charge in [-0.25, -0.2) is 0 Å². The standard InChI is InChI=1S/C10H19NO3/c1-7(12)8(2)14-10-5-3-9(11-13)4-6-10/h7-8,10,12-13H,3-6H2,1-2H3. The molecule has 4 heteroatoms. The Hall–Kier alpha value is -0.610. The topological polar surface area (TPSA) is 62.0 Å². The van der Waals surface area contributed by atoms with E-state index in [9.17, 15) is 5.11 Å². The molecule has 0 saturated heterocycles. The maximum absolute atomic E-state index is 9.26. The third-order valence-electron chi connectivity index (χ3n) is 2.74. The molecule has 0 amide bonds. The highest BCUT2D eigenvalue weighted by atomic mass is 16.5. The molecule has 2 unspecified atom stereocenters. The highest BCUT2D eigenvalue weighted by molar-refractivity contribution is 5.84. The molecule has 4 nitrogen and oxygen atoms in total. The van der Waals surface area contributed by atoms with Crippen LogP contribution in [0.5, 0.6) is 0 Å². The minimum absolute atomic E-state index is 0.118. The van der Waals surface area contributed by atoms with Gasteiger partial charge in [0.05, 0.1) is 24.0 Å². The summed E-state index contributed by atoms with van der Waals surface area (Å²) in [5.41, 5.74) is 0.856. The van der Waals surface area contributed by atoms with Gasteiger partial charge in [0, 0.05) is 0 Å². The van der Waals surface area contributed by atoms with Gasteiger partial charge in [0.15, 0.2) is 0 Å². The van der Waals surface area contributed by atoms with Gasteiger partial charge in [0.25, 0.3) is 0 Å². The van der Waals surface area contributed by atoms with E-state index < -0.39 is 6.10 Å². The zero-order valence-electron chi connectivity index (χ0n) is 8.81. The summed E-state index contributed by atoms with van der Waals surface area (Å²) >= 11 is 0. The van der Waals surface area contributed by atoms with Crippen LogP contribution in [0.15, 0.2) is 5.16 Å². The molecule has 0 heterocycles. The van der Waals surface area contributed by atoms with Crippen LogP contribution in [0.3, 0.4) is 0 Å². The summed E-state index contributed by atoms with van der Waals surface area (Å²) in [5.74, 6) is 0. The molecule has 0 radical (unpaired) electrons. The molecule has 0 aromatic rings. The molecular formula is C10H19NO3. The van der Waals surface area contributed by atoms with E-state index in [4.69, 9.17) is 9.94 Å². The van der Waals surface area contributed by atoms with Crippen molar-refractivity contribution in [3.8, 4) is 0 Å². The molecule has 82 valence electrons. The van der Waals surface area contributed by atoms with Crippen molar-refractivity contribution in [3.63, 3.8) is 0 Å². The lowest BCUT2D eigenvalue weighted by Crippen LogP contribution is -2.31. The van der Waals surface area contributed by atoms with E-state index in [0.29, 0.717) is 0 Å². The first-order chi connectivity index (χ1) is 6.63. The van der Waals surface area contributed by atoms with E-state index in [1.165, 1.54) is 0 Å². The van der Waals surface area contributed by atoms with Gasteiger partial charge in [-0.05, 0) is 39.5 Å². The molecule has 0 bridgehead atoms. The third-order valence-corrected chi connectivity index (χ3v) is 2.74. The molecule has 1 fully saturated rings. The molecule has 0 aromatic heterocycles. The van der Waals surface area contributed by atoms with Crippen LogP contribution >= 0.6 is 0 Å². The average Bonchev–Trinajstić information content (AvgIpc) is 2.19. The number of aliphatic hydroxyl groups excluding tert-OH is 1. The zero-order valence-corrected chi connectivity index (χ0v) is 8.81. The Morgan fingerprint density at radius 2 is 1.93 bits per heavy atom. The molecular weight excluding hydrogens is 182 g/mol. The van der Waals surface area contributed by atoms with E-state index in [1.54, 1.807) is 6.92 Å². The smallest absolute Gasteiger partial charge is 0.0806 e. The van der Waals surface area contributed by atoms with Crippen LogP contribution in [0.25, 0.3) is 0 Å². The first kappa shape index (κ1) is 11.5. The van der Waals surface area contributed by atoms with E-state index in [-0.39, 0.29) is 12.2 Å². The van der Waals surface area contributed by atoms with Crippen molar-refractivity contribution in [2.24, 2.45) is 5.16 Å². The van der Waals surface area contributed by atoms with E-state index in [2.05, 4.69) is 5.16 Å². The van der Waals surface area contributed by atoms with Crippen molar-refractivity contribution in [1.29, 1.82) is 0 Å². The highest BCUT2D eigenvalue weighted by Crippen LogP contribution is 2.20. The SMILES string of the molecule is CC(O)C(C)OC1CCC(=NO)CC1. The van der Waals surface area contributed by atoms with Gasteiger partial charge in [0.1, 0.15) is 0 Å². The monoisotopic (exact) mass is 201 g/mol. The van der Waals surface area contributed by atoms with Crippen molar-refractivity contribution < 1.29 is 15.1 Å². The third kappa shape index (κ3) is 3.27. The Kier molecular flexibility index (Phi) is 4.35. The Labute approximate surface area is 84.6 Å². The van der Waals surface area contributed by atoms with E-state index >= 15 is 0 Å². The van der Waals surface area contributed by atoms with Gasteiger partial charge in [0.2, 0.25) is 0 Å². The summed E-state index contributed by atoms with van der Waals surface area (Å²) in [4.78, 5) is 0. The fourth-order valence-corrected chi connectivity index (χ4v) is 1.58. The molecule has 14 heavy (non-hydrogen) atoms. The normalized spacial score (nSPS) is 27.1. The van der Waals surface area contributed by atoms with Crippen molar-refractivity contribution in [1.82, 2.24) is 0 Å². The molecule has 0 aliphatic heterocycles. The number of hydrogen-bond donors (Lipinski definition) is 2. The molecule has 1 saturated carbocycles. The number of hydrogen-bond acceptors (Lipinski definition) is 4. The Morgan fingerprint density at radius 3 is 2.36 bits per heavy atom. The molecule has 0 spiro atoms. The molecule has 1 aliphatic carbocycles. The lowest BCUT2D eigenvalue weighted by molar-refractivity contribution is -0.0670. The van der Waals surface area contributed by atoms with Crippen LogP contribution in [-0.4, -0.2) is 34.3 Å². The minimum Gasteiger partial charge on any atom is -0.411 e. The summed E-state index contributed by atoms with van der Waals surface area (Å²) in [5, 5.41) is 21.0. The largest absolute Gasteiger partial charge is 0.411 e. The summed E-state index contributed by atoms with van der Waals surface area (Å²) in [6.45, 7) is 3.61. The summed E-state index contributed by atoms with van der Waals surface area (Å²) < 4.78 is 5.66. The molecule has 2 atom stereocenters. The fraction of sp³-hybridized carbons (Fsp3) is 0.900.